The van der Waals surface area contributed by atoms with Crippen molar-refractivity contribution in [2.75, 3.05) is 24.9 Å². The van der Waals surface area contributed by atoms with Gasteiger partial charge in [0.25, 0.3) is 0 Å². The van der Waals surface area contributed by atoms with E-state index < -0.39 is 10.3 Å². The van der Waals surface area contributed by atoms with Gasteiger partial charge in [-0.2, -0.15) is 5.10 Å². The minimum atomic E-state index is -1.05. The normalized spacial score (nSPS) is 13.7. The lowest BCUT2D eigenvalue weighted by molar-refractivity contribution is 0.327. The lowest BCUT2D eigenvalue weighted by Gasteiger charge is -2.43. The van der Waals surface area contributed by atoms with Gasteiger partial charge in [-0.1, -0.05) is 20.8 Å². The van der Waals surface area contributed by atoms with Crippen molar-refractivity contribution in [3.05, 3.63) is 23.9 Å². The Morgan fingerprint density at radius 2 is 1.95 bits per heavy atom. The molecule has 0 spiro atoms. The van der Waals surface area contributed by atoms with Crippen molar-refractivity contribution in [3.8, 4) is 0 Å². The summed E-state index contributed by atoms with van der Waals surface area (Å²) in [6.07, 6.45) is 5.43. The molecule has 0 saturated carbocycles. The summed E-state index contributed by atoms with van der Waals surface area (Å²) in [5.41, 5.74) is 8.84. The molecule has 1 aromatic heterocycles. The first-order valence-corrected chi connectivity index (χ1v) is 10.1. The zero-order valence-electron chi connectivity index (χ0n) is 14.6. The molecule has 0 fully saturated rings. The monoisotopic (exact) mass is 323 g/mol. The summed E-state index contributed by atoms with van der Waals surface area (Å²) in [5.74, 6) is 0. The molecular formula is C17H29N3OS. The third-order valence-electron chi connectivity index (χ3n) is 4.33. The minimum absolute atomic E-state index is 0.205. The van der Waals surface area contributed by atoms with Crippen molar-refractivity contribution in [1.29, 1.82) is 0 Å². The molecular weight excluding hydrogens is 294 g/mol. The van der Waals surface area contributed by atoms with Crippen molar-refractivity contribution in [2.24, 2.45) is 0 Å². The molecule has 0 radical (unpaired) electrons. The lowest BCUT2D eigenvalue weighted by Crippen LogP contribution is -2.25. The molecule has 0 unspecified atom stereocenters. The summed E-state index contributed by atoms with van der Waals surface area (Å²) >= 11 is 0. The van der Waals surface area contributed by atoms with Crippen LogP contribution in [0.1, 0.15) is 32.9 Å². The van der Waals surface area contributed by atoms with Crippen molar-refractivity contribution in [3.63, 3.8) is 0 Å². The Balaban J connectivity index is 2.00. The van der Waals surface area contributed by atoms with Crippen LogP contribution in [0.15, 0.2) is 18.2 Å². The van der Waals surface area contributed by atoms with Crippen LogP contribution in [-0.4, -0.2) is 33.6 Å². The summed E-state index contributed by atoms with van der Waals surface area (Å²) in [7, 11) is -1.05. The second-order valence-electron chi connectivity index (χ2n) is 7.11. The Bertz CT molecular complexity index is 656. The number of aryl methyl sites for hydroxylation is 2. The minimum Gasteiger partial charge on any atom is -0.399 e. The Morgan fingerprint density at radius 3 is 2.59 bits per heavy atom. The van der Waals surface area contributed by atoms with Crippen LogP contribution in [0, 0.1) is 6.92 Å². The Labute approximate surface area is 135 Å². The van der Waals surface area contributed by atoms with Gasteiger partial charge in [-0.25, -0.2) is 0 Å². The van der Waals surface area contributed by atoms with Crippen LogP contribution in [0.25, 0.3) is 10.9 Å². The fraction of sp³-hybridized carbons (Fsp3) is 0.588. The average molecular weight is 324 g/mol. The standard InChI is InChI=1S/C17H29N3OS/c1-13-15-9-8-14(18)12-16(15)20(19-13)10-7-11-21-22(5,6)17(2,3)4/h8-9,12H,7,10-11,18H2,1-6H3. The summed E-state index contributed by atoms with van der Waals surface area (Å²) < 4.78 is 8.43. The van der Waals surface area contributed by atoms with Gasteiger partial charge in [0.05, 0.1) is 17.8 Å². The third kappa shape index (κ3) is 3.58. The second-order valence-corrected chi connectivity index (χ2v) is 11.0. The highest BCUT2D eigenvalue weighted by atomic mass is 32.3. The van der Waals surface area contributed by atoms with Gasteiger partial charge >= 0.3 is 0 Å². The zero-order valence-corrected chi connectivity index (χ0v) is 15.5. The number of hydrogen-bond donors (Lipinski definition) is 1. The fourth-order valence-electron chi connectivity index (χ4n) is 2.19. The highest BCUT2D eigenvalue weighted by Crippen LogP contribution is 2.53. The molecule has 0 saturated heterocycles. The quantitative estimate of drug-likeness (QED) is 0.665. The molecule has 1 heterocycles. The first kappa shape index (κ1) is 17.2. The predicted molar refractivity (Wildman–Crippen MR) is 98.6 cm³/mol. The van der Waals surface area contributed by atoms with E-state index in [4.69, 9.17) is 9.92 Å². The van der Waals surface area contributed by atoms with E-state index in [1.807, 2.05) is 29.8 Å². The van der Waals surface area contributed by atoms with Crippen LogP contribution >= 0.6 is 10.3 Å². The maximum Gasteiger partial charge on any atom is 0.0705 e. The van der Waals surface area contributed by atoms with Gasteiger partial charge in [-0.3, -0.25) is 4.68 Å². The van der Waals surface area contributed by atoms with E-state index >= 15 is 0 Å². The molecule has 22 heavy (non-hydrogen) atoms. The Kier molecular flexibility index (Phi) is 4.78. The SMILES string of the molecule is Cc1nn(CCCOS(C)(C)C(C)(C)C)c2cc(N)ccc12. The second kappa shape index (κ2) is 6.13. The number of nitrogens with zero attached hydrogens (tertiary/aromatic N) is 2. The molecule has 124 valence electrons. The molecule has 0 aliphatic heterocycles. The molecule has 1 aromatic carbocycles. The van der Waals surface area contributed by atoms with Crippen molar-refractivity contribution < 1.29 is 4.18 Å². The van der Waals surface area contributed by atoms with Crippen LogP contribution in [0.3, 0.4) is 0 Å². The fourth-order valence-corrected chi connectivity index (χ4v) is 3.07. The highest BCUT2D eigenvalue weighted by molar-refractivity contribution is 8.29. The summed E-state index contributed by atoms with van der Waals surface area (Å²) in [5, 5.41) is 5.80. The van der Waals surface area contributed by atoms with E-state index in [1.165, 1.54) is 5.39 Å². The number of hydrogen-bond acceptors (Lipinski definition) is 3. The van der Waals surface area contributed by atoms with Gasteiger partial charge in [-0.15, -0.1) is 10.3 Å². The maximum absolute atomic E-state index is 6.18. The van der Waals surface area contributed by atoms with E-state index in [2.05, 4.69) is 38.4 Å². The van der Waals surface area contributed by atoms with Crippen LogP contribution in [-0.2, 0) is 10.7 Å². The number of rotatable bonds is 5. The molecule has 2 rings (SSSR count). The summed E-state index contributed by atoms with van der Waals surface area (Å²) in [4.78, 5) is 0. The number of benzene rings is 1. The average Bonchev–Trinajstić information content (AvgIpc) is 2.70. The topological polar surface area (TPSA) is 53.1 Å². The number of aromatic nitrogens is 2. The van der Waals surface area contributed by atoms with Crippen molar-refractivity contribution in [2.45, 2.75) is 45.4 Å². The number of anilines is 1. The van der Waals surface area contributed by atoms with E-state index in [9.17, 15) is 0 Å². The third-order valence-corrected chi connectivity index (χ3v) is 8.03. The van der Waals surface area contributed by atoms with E-state index in [-0.39, 0.29) is 4.75 Å². The molecule has 2 N–H and O–H groups in total. The predicted octanol–water partition coefficient (Wildman–Crippen LogP) is 4.11. The molecule has 2 aromatic rings. The van der Waals surface area contributed by atoms with E-state index in [0.717, 1.165) is 36.5 Å². The van der Waals surface area contributed by atoms with E-state index in [1.54, 1.807) is 0 Å². The smallest absolute Gasteiger partial charge is 0.0705 e. The molecule has 0 amide bonds. The molecule has 5 heteroatoms. The number of nitrogens with two attached hydrogens (primary N) is 1. The zero-order chi connectivity index (χ0) is 16.5. The molecule has 0 aliphatic carbocycles. The van der Waals surface area contributed by atoms with Gasteiger partial charge < -0.3 is 9.92 Å². The van der Waals surface area contributed by atoms with Crippen LogP contribution in [0.5, 0.6) is 0 Å². The van der Waals surface area contributed by atoms with Gasteiger partial charge in [-0.05, 0) is 44.1 Å². The van der Waals surface area contributed by atoms with Crippen LogP contribution in [0.2, 0.25) is 0 Å². The number of nitrogen functional groups attached to an aromatic ring is 1. The summed E-state index contributed by atoms with van der Waals surface area (Å²) in [6.45, 7) is 10.4. The molecule has 0 bridgehead atoms. The van der Waals surface area contributed by atoms with Crippen molar-refractivity contribution >= 4 is 26.9 Å². The summed E-state index contributed by atoms with van der Waals surface area (Å²) in [6, 6.07) is 5.98. The van der Waals surface area contributed by atoms with Crippen LogP contribution < -0.4 is 5.73 Å². The number of fused-ring (bicyclic) bond motifs is 1. The van der Waals surface area contributed by atoms with Gasteiger partial charge in [0.2, 0.25) is 0 Å². The van der Waals surface area contributed by atoms with Gasteiger partial charge in [0, 0.05) is 22.4 Å². The van der Waals surface area contributed by atoms with Crippen molar-refractivity contribution in [1.82, 2.24) is 9.78 Å². The first-order chi connectivity index (χ1) is 10.1. The maximum atomic E-state index is 6.18. The molecule has 0 aliphatic rings. The lowest BCUT2D eigenvalue weighted by atomic mass is 10.2. The van der Waals surface area contributed by atoms with Gasteiger partial charge in [0.1, 0.15) is 0 Å². The largest absolute Gasteiger partial charge is 0.399 e. The van der Waals surface area contributed by atoms with Gasteiger partial charge in [0.15, 0.2) is 0 Å². The molecule has 0 atom stereocenters. The highest BCUT2D eigenvalue weighted by Gasteiger charge is 2.28. The van der Waals surface area contributed by atoms with E-state index in [0.29, 0.717) is 0 Å². The van der Waals surface area contributed by atoms with Crippen LogP contribution in [0.4, 0.5) is 5.69 Å². The Morgan fingerprint density at radius 1 is 1.27 bits per heavy atom. The first-order valence-electron chi connectivity index (χ1n) is 7.72. The molecule has 4 nitrogen and oxygen atoms in total. The Hall–Kier alpha value is -1.20.